The second-order valence-corrected chi connectivity index (χ2v) is 2.10. The largest absolute Gasteiger partial charge is 0.475 e. The highest BCUT2D eigenvalue weighted by Gasteiger charge is 2.07. The molecule has 1 heterocycles. The van der Waals surface area contributed by atoms with Crippen LogP contribution in [0.3, 0.4) is 0 Å². The lowest BCUT2D eigenvalue weighted by molar-refractivity contribution is 0.0660. The van der Waals surface area contributed by atoms with Crippen LogP contribution in [0, 0.1) is 0 Å². The van der Waals surface area contributed by atoms with Crippen molar-refractivity contribution in [2.75, 3.05) is 7.05 Å². The number of hydrogen-bond acceptors (Lipinski definition) is 3. The number of furan rings is 1. The van der Waals surface area contributed by atoms with Gasteiger partial charge in [-0.1, -0.05) is 0 Å². The molecule has 60 valence electrons. The highest BCUT2D eigenvalue weighted by Crippen LogP contribution is 2.06. The Hall–Kier alpha value is -1.29. The average Bonchev–Trinajstić information content (AvgIpc) is 2.37. The van der Waals surface area contributed by atoms with E-state index >= 15 is 0 Å². The van der Waals surface area contributed by atoms with Crippen LogP contribution in [0.2, 0.25) is 0 Å². The molecule has 0 bridgehead atoms. The first-order valence-electron chi connectivity index (χ1n) is 3.20. The molecule has 0 saturated carbocycles. The molecule has 4 nitrogen and oxygen atoms in total. The minimum absolute atomic E-state index is 0.0183. The topological polar surface area (TPSA) is 62.5 Å². The summed E-state index contributed by atoms with van der Waals surface area (Å²) in [6, 6.07) is 3.08. The van der Waals surface area contributed by atoms with Crippen LogP contribution in [0.1, 0.15) is 16.3 Å². The van der Waals surface area contributed by atoms with Gasteiger partial charge in [0.05, 0.1) is 6.54 Å². The van der Waals surface area contributed by atoms with Gasteiger partial charge in [-0.3, -0.25) is 0 Å². The average molecular weight is 155 g/mol. The van der Waals surface area contributed by atoms with Crippen molar-refractivity contribution in [3.63, 3.8) is 0 Å². The van der Waals surface area contributed by atoms with E-state index in [9.17, 15) is 4.79 Å². The van der Waals surface area contributed by atoms with E-state index in [1.165, 1.54) is 6.07 Å². The maximum absolute atomic E-state index is 10.3. The van der Waals surface area contributed by atoms with Gasteiger partial charge in [0.15, 0.2) is 0 Å². The maximum atomic E-state index is 10.3. The third-order valence-corrected chi connectivity index (χ3v) is 1.22. The van der Waals surface area contributed by atoms with Gasteiger partial charge in [0.25, 0.3) is 0 Å². The normalized spacial score (nSPS) is 9.91. The first kappa shape index (κ1) is 7.81. The molecule has 0 spiro atoms. The standard InChI is InChI=1S/C7H9NO3/c1-8-4-5-2-3-6(11-5)7(9)10/h2-3,8H,4H2,1H3,(H,9,10). The predicted octanol–water partition coefficient (Wildman–Crippen LogP) is 0.697. The van der Waals surface area contributed by atoms with E-state index in [2.05, 4.69) is 5.32 Å². The number of rotatable bonds is 3. The van der Waals surface area contributed by atoms with Crippen molar-refractivity contribution in [2.45, 2.75) is 6.54 Å². The van der Waals surface area contributed by atoms with Crippen molar-refractivity contribution in [1.82, 2.24) is 5.32 Å². The van der Waals surface area contributed by atoms with Crippen LogP contribution in [0.15, 0.2) is 16.5 Å². The van der Waals surface area contributed by atoms with Crippen LogP contribution in [-0.4, -0.2) is 18.1 Å². The number of aromatic carboxylic acids is 1. The van der Waals surface area contributed by atoms with Gasteiger partial charge in [-0.2, -0.15) is 0 Å². The summed E-state index contributed by atoms with van der Waals surface area (Å²) in [4.78, 5) is 10.3. The Morgan fingerprint density at radius 2 is 2.45 bits per heavy atom. The molecule has 0 saturated heterocycles. The second-order valence-electron chi connectivity index (χ2n) is 2.10. The fraction of sp³-hybridized carbons (Fsp3) is 0.286. The molecule has 0 atom stereocenters. The zero-order valence-electron chi connectivity index (χ0n) is 6.13. The van der Waals surface area contributed by atoms with E-state index in [0.717, 1.165) is 0 Å². The fourth-order valence-corrected chi connectivity index (χ4v) is 0.762. The Balaban J connectivity index is 2.73. The number of carbonyl (C=O) groups is 1. The summed E-state index contributed by atoms with van der Waals surface area (Å²) in [5.74, 6) is -0.424. The fourth-order valence-electron chi connectivity index (χ4n) is 0.762. The lowest BCUT2D eigenvalue weighted by Gasteiger charge is -1.91. The van der Waals surface area contributed by atoms with Crippen LogP contribution in [-0.2, 0) is 6.54 Å². The Morgan fingerprint density at radius 1 is 1.73 bits per heavy atom. The van der Waals surface area contributed by atoms with E-state index < -0.39 is 5.97 Å². The third kappa shape index (κ3) is 1.81. The van der Waals surface area contributed by atoms with Crippen LogP contribution >= 0.6 is 0 Å². The van der Waals surface area contributed by atoms with Gasteiger partial charge in [-0.25, -0.2) is 4.79 Å². The van der Waals surface area contributed by atoms with Gasteiger partial charge in [-0.05, 0) is 19.2 Å². The monoisotopic (exact) mass is 155 g/mol. The zero-order chi connectivity index (χ0) is 8.27. The van der Waals surface area contributed by atoms with Gasteiger partial charge in [-0.15, -0.1) is 0 Å². The SMILES string of the molecule is CNCc1ccc(C(=O)O)o1. The van der Waals surface area contributed by atoms with Crippen molar-refractivity contribution < 1.29 is 14.3 Å². The molecular weight excluding hydrogens is 146 g/mol. The van der Waals surface area contributed by atoms with Crippen LogP contribution in [0.5, 0.6) is 0 Å². The van der Waals surface area contributed by atoms with Crippen molar-refractivity contribution in [1.29, 1.82) is 0 Å². The molecule has 0 fully saturated rings. The van der Waals surface area contributed by atoms with Gasteiger partial charge in [0, 0.05) is 0 Å². The third-order valence-electron chi connectivity index (χ3n) is 1.22. The molecule has 4 heteroatoms. The smallest absolute Gasteiger partial charge is 0.371 e. The van der Waals surface area contributed by atoms with Gasteiger partial charge < -0.3 is 14.8 Å². The molecular formula is C7H9NO3. The summed E-state index contributed by atoms with van der Waals surface area (Å²) >= 11 is 0. The Labute approximate surface area is 63.8 Å². The lowest BCUT2D eigenvalue weighted by Crippen LogP contribution is -2.03. The molecule has 11 heavy (non-hydrogen) atoms. The first-order chi connectivity index (χ1) is 5.24. The van der Waals surface area contributed by atoms with Crippen molar-refractivity contribution in [3.05, 3.63) is 23.7 Å². The molecule has 0 aliphatic heterocycles. The molecule has 0 unspecified atom stereocenters. The molecule has 1 rings (SSSR count). The molecule has 2 N–H and O–H groups in total. The molecule has 1 aromatic heterocycles. The predicted molar refractivity (Wildman–Crippen MR) is 38.4 cm³/mol. The number of nitrogens with one attached hydrogen (secondary N) is 1. The number of carboxylic acids is 1. The molecule has 0 aromatic carbocycles. The van der Waals surface area contributed by atoms with Crippen molar-refractivity contribution in [3.8, 4) is 0 Å². The first-order valence-corrected chi connectivity index (χ1v) is 3.20. The molecule has 0 amide bonds. The van der Waals surface area contributed by atoms with E-state index in [4.69, 9.17) is 9.52 Å². The van der Waals surface area contributed by atoms with Gasteiger partial charge >= 0.3 is 5.97 Å². The van der Waals surface area contributed by atoms with Crippen LogP contribution < -0.4 is 5.32 Å². The molecule has 1 aromatic rings. The Kier molecular flexibility index (Phi) is 2.28. The second kappa shape index (κ2) is 3.21. The zero-order valence-corrected chi connectivity index (χ0v) is 6.13. The number of hydrogen-bond donors (Lipinski definition) is 2. The molecule has 0 radical (unpaired) electrons. The summed E-state index contributed by atoms with van der Waals surface area (Å²) in [6.45, 7) is 0.549. The summed E-state index contributed by atoms with van der Waals surface area (Å²) in [5, 5.41) is 11.3. The molecule has 0 aliphatic rings. The summed E-state index contributed by atoms with van der Waals surface area (Å²) in [5.41, 5.74) is 0. The molecule has 0 aliphatic carbocycles. The van der Waals surface area contributed by atoms with E-state index in [1.807, 2.05) is 0 Å². The highest BCUT2D eigenvalue weighted by molar-refractivity contribution is 5.84. The summed E-state index contributed by atoms with van der Waals surface area (Å²) in [6.07, 6.45) is 0. The van der Waals surface area contributed by atoms with E-state index in [0.29, 0.717) is 12.3 Å². The van der Waals surface area contributed by atoms with Gasteiger partial charge in [0.2, 0.25) is 5.76 Å². The van der Waals surface area contributed by atoms with Crippen molar-refractivity contribution >= 4 is 5.97 Å². The van der Waals surface area contributed by atoms with Crippen molar-refractivity contribution in [2.24, 2.45) is 0 Å². The summed E-state index contributed by atoms with van der Waals surface area (Å²) in [7, 11) is 1.77. The Bertz CT molecular complexity index is 254. The van der Waals surface area contributed by atoms with E-state index in [1.54, 1.807) is 13.1 Å². The maximum Gasteiger partial charge on any atom is 0.371 e. The lowest BCUT2D eigenvalue weighted by atomic mass is 10.4. The highest BCUT2D eigenvalue weighted by atomic mass is 16.4. The number of carboxylic acid groups (broad SMARTS) is 1. The van der Waals surface area contributed by atoms with Crippen LogP contribution in [0.25, 0.3) is 0 Å². The minimum Gasteiger partial charge on any atom is -0.475 e. The Morgan fingerprint density at radius 3 is 2.91 bits per heavy atom. The van der Waals surface area contributed by atoms with Crippen LogP contribution in [0.4, 0.5) is 0 Å². The summed E-state index contributed by atoms with van der Waals surface area (Å²) < 4.78 is 4.92. The minimum atomic E-state index is -1.03. The van der Waals surface area contributed by atoms with Gasteiger partial charge in [0.1, 0.15) is 5.76 Å². The quantitative estimate of drug-likeness (QED) is 0.674. The van der Waals surface area contributed by atoms with E-state index in [-0.39, 0.29) is 5.76 Å².